The smallest absolute Gasteiger partial charge is 0.135 e. The van der Waals surface area contributed by atoms with Crippen molar-refractivity contribution < 1.29 is 0 Å². The number of allylic oxidation sites excluding steroid dienone is 2. The molecule has 0 aliphatic carbocycles. The van der Waals surface area contributed by atoms with E-state index in [0.29, 0.717) is 5.92 Å². The predicted octanol–water partition coefficient (Wildman–Crippen LogP) is 3.53. The van der Waals surface area contributed by atoms with Crippen molar-refractivity contribution in [3.05, 3.63) is 66.3 Å². The molecule has 2 N–H and O–H groups in total. The molecular weight excluding hydrogens is 322 g/mol. The van der Waals surface area contributed by atoms with Crippen LogP contribution in [0, 0.1) is 0 Å². The second-order valence-electron chi connectivity index (χ2n) is 6.99. The Morgan fingerprint density at radius 1 is 1.19 bits per heavy atom. The van der Waals surface area contributed by atoms with Gasteiger partial charge in [0.25, 0.3) is 0 Å². The van der Waals surface area contributed by atoms with Gasteiger partial charge >= 0.3 is 0 Å². The van der Waals surface area contributed by atoms with E-state index in [0.717, 1.165) is 54.7 Å². The van der Waals surface area contributed by atoms with Crippen LogP contribution in [0.5, 0.6) is 0 Å². The fourth-order valence-corrected chi connectivity index (χ4v) is 3.55. The summed E-state index contributed by atoms with van der Waals surface area (Å²) < 4.78 is 0. The van der Waals surface area contributed by atoms with Crippen LogP contribution in [0.1, 0.15) is 30.3 Å². The molecule has 1 atom stereocenters. The standard InChI is InChI=1S/C21H25N5/c1-26-13-5-6-17(15-26)21-24-19(16-9-11-22-12-10-16)14-20(25-21)23-18-7-3-2-4-8-18/h2-4,7-11,14,17,22H,5-6,12-13,15H2,1H3,(H,23,24,25). The number of para-hydroxylation sites is 1. The third-order valence-corrected chi connectivity index (χ3v) is 4.90. The van der Waals surface area contributed by atoms with Gasteiger partial charge in [-0.05, 0) is 56.4 Å². The summed E-state index contributed by atoms with van der Waals surface area (Å²) in [5.74, 6) is 2.19. The molecule has 0 spiro atoms. The molecule has 0 radical (unpaired) electrons. The molecule has 1 aromatic carbocycles. The zero-order valence-corrected chi connectivity index (χ0v) is 15.2. The number of rotatable bonds is 4. The van der Waals surface area contributed by atoms with Crippen LogP contribution in [0.4, 0.5) is 11.5 Å². The van der Waals surface area contributed by atoms with Crippen molar-refractivity contribution >= 4 is 17.1 Å². The Bertz CT molecular complexity index is 812. The van der Waals surface area contributed by atoms with Crippen LogP contribution < -0.4 is 10.6 Å². The van der Waals surface area contributed by atoms with Crippen LogP contribution in [0.3, 0.4) is 0 Å². The minimum absolute atomic E-state index is 0.385. The quantitative estimate of drug-likeness (QED) is 0.886. The highest BCUT2D eigenvalue weighted by Gasteiger charge is 2.23. The highest BCUT2D eigenvalue weighted by Crippen LogP contribution is 2.28. The fraction of sp³-hybridized carbons (Fsp3) is 0.333. The molecule has 5 nitrogen and oxygen atoms in total. The first-order valence-electron chi connectivity index (χ1n) is 9.28. The first-order valence-corrected chi connectivity index (χ1v) is 9.28. The summed E-state index contributed by atoms with van der Waals surface area (Å²) in [6.07, 6.45) is 8.58. The molecule has 134 valence electrons. The lowest BCUT2D eigenvalue weighted by molar-refractivity contribution is 0.246. The minimum atomic E-state index is 0.385. The van der Waals surface area contributed by atoms with Crippen LogP contribution in [0.2, 0.25) is 0 Å². The highest BCUT2D eigenvalue weighted by atomic mass is 15.1. The molecule has 0 amide bonds. The lowest BCUT2D eigenvalue weighted by Crippen LogP contribution is -2.31. The Morgan fingerprint density at radius 2 is 2.08 bits per heavy atom. The Kier molecular flexibility index (Phi) is 4.97. The maximum absolute atomic E-state index is 4.93. The second kappa shape index (κ2) is 7.70. The molecule has 2 aliphatic rings. The van der Waals surface area contributed by atoms with E-state index in [1.807, 2.05) is 30.5 Å². The topological polar surface area (TPSA) is 53.1 Å². The van der Waals surface area contributed by atoms with E-state index in [1.54, 1.807) is 0 Å². The first kappa shape index (κ1) is 16.8. The van der Waals surface area contributed by atoms with Gasteiger partial charge in [-0.1, -0.05) is 24.3 Å². The van der Waals surface area contributed by atoms with Crippen LogP contribution >= 0.6 is 0 Å². The van der Waals surface area contributed by atoms with E-state index in [9.17, 15) is 0 Å². The van der Waals surface area contributed by atoms with Gasteiger partial charge < -0.3 is 15.5 Å². The second-order valence-corrected chi connectivity index (χ2v) is 6.99. The van der Waals surface area contributed by atoms with E-state index < -0.39 is 0 Å². The van der Waals surface area contributed by atoms with Crippen molar-refractivity contribution in [2.75, 3.05) is 32.0 Å². The Morgan fingerprint density at radius 3 is 2.85 bits per heavy atom. The number of hydrogen-bond donors (Lipinski definition) is 2. The number of dihydropyridines is 1. The van der Waals surface area contributed by atoms with E-state index in [2.05, 4.69) is 46.9 Å². The minimum Gasteiger partial charge on any atom is -0.387 e. The van der Waals surface area contributed by atoms with E-state index >= 15 is 0 Å². The Labute approximate surface area is 154 Å². The predicted molar refractivity (Wildman–Crippen MR) is 106 cm³/mol. The third-order valence-electron chi connectivity index (χ3n) is 4.90. The molecular formula is C21H25N5. The number of likely N-dealkylation sites (tertiary alicyclic amines) is 1. The Balaban J connectivity index is 1.69. The Hall–Kier alpha value is -2.66. The normalized spacial score (nSPS) is 20.3. The number of benzene rings is 1. The summed E-state index contributed by atoms with van der Waals surface area (Å²) in [7, 11) is 2.18. The molecule has 1 fully saturated rings. The van der Waals surface area contributed by atoms with Crippen molar-refractivity contribution in [3.63, 3.8) is 0 Å². The number of hydrogen-bond acceptors (Lipinski definition) is 5. The molecule has 2 aliphatic heterocycles. The van der Waals surface area contributed by atoms with Gasteiger partial charge in [-0.15, -0.1) is 0 Å². The van der Waals surface area contributed by atoms with Gasteiger partial charge in [-0.25, -0.2) is 9.97 Å². The van der Waals surface area contributed by atoms with Crippen molar-refractivity contribution in [1.29, 1.82) is 0 Å². The number of piperidine rings is 1. The summed E-state index contributed by atoms with van der Waals surface area (Å²) >= 11 is 0. The van der Waals surface area contributed by atoms with Crippen molar-refractivity contribution in [2.24, 2.45) is 0 Å². The average Bonchev–Trinajstić information content (AvgIpc) is 2.69. The SMILES string of the molecule is CN1CCCC(c2nc(Nc3ccccc3)cc(C3=CCNC=C3)n2)C1. The molecule has 26 heavy (non-hydrogen) atoms. The largest absolute Gasteiger partial charge is 0.387 e. The molecule has 0 saturated carbocycles. The maximum Gasteiger partial charge on any atom is 0.135 e. The summed E-state index contributed by atoms with van der Waals surface area (Å²) in [6, 6.07) is 12.2. The van der Waals surface area contributed by atoms with E-state index in [-0.39, 0.29) is 0 Å². The summed E-state index contributed by atoms with van der Waals surface area (Å²) in [5, 5.41) is 6.64. The van der Waals surface area contributed by atoms with Gasteiger partial charge in [-0.3, -0.25) is 0 Å². The number of nitrogens with zero attached hydrogens (tertiary/aromatic N) is 3. The lowest BCUT2D eigenvalue weighted by Gasteiger charge is -2.29. The molecule has 4 rings (SSSR count). The van der Waals surface area contributed by atoms with Crippen LogP contribution in [0.15, 0.2) is 54.8 Å². The highest BCUT2D eigenvalue weighted by molar-refractivity contribution is 5.74. The van der Waals surface area contributed by atoms with Gasteiger partial charge in [0.1, 0.15) is 11.6 Å². The molecule has 5 heteroatoms. The molecule has 1 unspecified atom stereocenters. The number of likely N-dealkylation sites (N-methyl/N-ethyl adjacent to an activating group) is 1. The van der Waals surface area contributed by atoms with Crippen molar-refractivity contribution in [2.45, 2.75) is 18.8 Å². The van der Waals surface area contributed by atoms with Gasteiger partial charge in [-0.2, -0.15) is 0 Å². The lowest BCUT2D eigenvalue weighted by atomic mass is 9.97. The monoisotopic (exact) mass is 347 g/mol. The van der Waals surface area contributed by atoms with Crippen LogP contribution in [-0.2, 0) is 0 Å². The molecule has 2 aromatic rings. The van der Waals surface area contributed by atoms with Gasteiger partial charge in [0.05, 0.1) is 5.69 Å². The van der Waals surface area contributed by atoms with Gasteiger partial charge in [0, 0.05) is 30.8 Å². The number of nitrogens with one attached hydrogen (secondary N) is 2. The molecule has 0 bridgehead atoms. The van der Waals surface area contributed by atoms with Crippen molar-refractivity contribution in [1.82, 2.24) is 20.2 Å². The number of anilines is 2. The maximum atomic E-state index is 4.93. The average molecular weight is 347 g/mol. The van der Waals surface area contributed by atoms with E-state index in [4.69, 9.17) is 9.97 Å². The zero-order chi connectivity index (χ0) is 17.8. The molecule has 1 aromatic heterocycles. The first-order chi connectivity index (χ1) is 12.8. The molecule has 1 saturated heterocycles. The third kappa shape index (κ3) is 3.94. The molecule has 3 heterocycles. The van der Waals surface area contributed by atoms with E-state index in [1.165, 1.54) is 6.42 Å². The van der Waals surface area contributed by atoms with Gasteiger partial charge in [0.2, 0.25) is 0 Å². The summed E-state index contributed by atoms with van der Waals surface area (Å²) in [6.45, 7) is 3.01. The zero-order valence-electron chi connectivity index (χ0n) is 15.2. The number of aromatic nitrogens is 2. The van der Waals surface area contributed by atoms with Crippen LogP contribution in [-0.4, -0.2) is 41.5 Å². The van der Waals surface area contributed by atoms with Crippen molar-refractivity contribution in [3.8, 4) is 0 Å². The van der Waals surface area contributed by atoms with Crippen LogP contribution in [0.25, 0.3) is 5.57 Å². The van der Waals surface area contributed by atoms with Gasteiger partial charge in [0.15, 0.2) is 0 Å². The fourth-order valence-electron chi connectivity index (χ4n) is 3.55. The summed E-state index contributed by atoms with van der Waals surface area (Å²) in [5.41, 5.74) is 3.17. The summed E-state index contributed by atoms with van der Waals surface area (Å²) in [4.78, 5) is 12.2.